The Kier molecular flexibility index (Phi) is 6.17. The standard InChI is InChI=1S/C26H27FN4O4/c1-4-33-23-13-20-17(12-24(23)35-26(32)31-10-9-28-14-16(31)3)21(7-8-29-20)34-22-6-5-19-18(25(22)27)11-15(2)30-19/h5-8,11-13,16,28,30H,4,9-10,14H2,1-3H3. The number of aryl methyl sites for hydroxylation is 1. The van der Waals surface area contributed by atoms with Crippen molar-refractivity contribution in [3.8, 4) is 23.0 Å². The number of rotatable bonds is 5. The van der Waals surface area contributed by atoms with Crippen molar-refractivity contribution in [1.29, 1.82) is 0 Å². The fourth-order valence-electron chi connectivity index (χ4n) is 4.32. The van der Waals surface area contributed by atoms with E-state index in [1.165, 1.54) is 0 Å². The van der Waals surface area contributed by atoms with Crippen LogP contribution in [0.4, 0.5) is 9.18 Å². The number of ether oxygens (including phenoxy) is 3. The summed E-state index contributed by atoms with van der Waals surface area (Å²) in [5.74, 6) is 0.672. The van der Waals surface area contributed by atoms with Crippen molar-refractivity contribution >= 4 is 27.9 Å². The summed E-state index contributed by atoms with van der Waals surface area (Å²) in [6.45, 7) is 8.02. The molecule has 5 rings (SSSR count). The number of carbonyl (C=O) groups is 1. The lowest BCUT2D eigenvalue weighted by Gasteiger charge is -2.33. The molecule has 35 heavy (non-hydrogen) atoms. The van der Waals surface area contributed by atoms with Gasteiger partial charge in [0.25, 0.3) is 0 Å². The highest BCUT2D eigenvalue weighted by Gasteiger charge is 2.26. The Bertz CT molecular complexity index is 1400. The molecule has 9 heteroatoms. The lowest BCUT2D eigenvalue weighted by atomic mass is 10.1. The SMILES string of the molecule is CCOc1cc2nccc(Oc3ccc4[nH]c(C)cc4c3F)c2cc1OC(=O)N1CCNCC1C. The Hall–Kier alpha value is -3.85. The average molecular weight is 479 g/mol. The summed E-state index contributed by atoms with van der Waals surface area (Å²) in [6, 6.07) is 10.1. The van der Waals surface area contributed by atoms with E-state index in [0.717, 1.165) is 5.69 Å². The van der Waals surface area contributed by atoms with Gasteiger partial charge in [0, 0.05) is 59.9 Å². The molecule has 1 aliphatic rings. The summed E-state index contributed by atoms with van der Waals surface area (Å²) < 4.78 is 32.7. The number of hydrogen-bond acceptors (Lipinski definition) is 6. The summed E-state index contributed by atoms with van der Waals surface area (Å²) in [5.41, 5.74) is 2.13. The molecule has 0 bridgehead atoms. The minimum Gasteiger partial charge on any atom is -0.490 e. The van der Waals surface area contributed by atoms with E-state index in [4.69, 9.17) is 14.2 Å². The number of aromatic nitrogens is 2. The highest BCUT2D eigenvalue weighted by molar-refractivity contribution is 5.90. The zero-order chi connectivity index (χ0) is 24.5. The average Bonchev–Trinajstić information content (AvgIpc) is 3.23. The van der Waals surface area contributed by atoms with E-state index in [2.05, 4.69) is 15.3 Å². The molecule has 0 saturated carbocycles. The quantitative estimate of drug-likeness (QED) is 0.413. The van der Waals surface area contributed by atoms with E-state index < -0.39 is 11.9 Å². The third-order valence-electron chi connectivity index (χ3n) is 6.06. The van der Waals surface area contributed by atoms with Gasteiger partial charge in [-0.1, -0.05) is 0 Å². The largest absolute Gasteiger partial charge is 0.490 e. The molecule has 1 amide bonds. The van der Waals surface area contributed by atoms with Crippen molar-refractivity contribution in [2.45, 2.75) is 26.8 Å². The number of pyridine rings is 1. The third-order valence-corrected chi connectivity index (χ3v) is 6.06. The van der Waals surface area contributed by atoms with Crippen LogP contribution in [0.2, 0.25) is 0 Å². The van der Waals surface area contributed by atoms with Gasteiger partial charge < -0.3 is 29.4 Å². The van der Waals surface area contributed by atoms with Gasteiger partial charge in [0.15, 0.2) is 23.1 Å². The molecule has 2 aromatic heterocycles. The highest BCUT2D eigenvalue weighted by Crippen LogP contribution is 2.39. The lowest BCUT2D eigenvalue weighted by Crippen LogP contribution is -2.53. The number of nitrogens with zero attached hydrogens (tertiary/aromatic N) is 2. The second-order valence-electron chi connectivity index (χ2n) is 8.57. The molecule has 0 spiro atoms. The molecular weight excluding hydrogens is 451 g/mol. The summed E-state index contributed by atoms with van der Waals surface area (Å²) in [6.07, 6.45) is 1.13. The van der Waals surface area contributed by atoms with E-state index >= 15 is 4.39 Å². The Labute approximate surface area is 202 Å². The molecule has 0 aliphatic carbocycles. The molecule has 1 fully saturated rings. The predicted octanol–water partition coefficient (Wildman–Crippen LogP) is 5.15. The smallest absolute Gasteiger partial charge is 0.415 e. The van der Waals surface area contributed by atoms with Gasteiger partial charge in [-0.25, -0.2) is 9.18 Å². The monoisotopic (exact) mass is 478 g/mol. The Morgan fingerprint density at radius 1 is 1.14 bits per heavy atom. The number of H-pyrrole nitrogens is 1. The molecule has 3 heterocycles. The molecule has 4 aromatic rings. The van der Waals surface area contributed by atoms with Crippen LogP contribution in [0.15, 0.2) is 42.6 Å². The number of fused-ring (bicyclic) bond motifs is 2. The van der Waals surface area contributed by atoms with Crippen LogP contribution in [0.1, 0.15) is 19.5 Å². The van der Waals surface area contributed by atoms with E-state index in [1.807, 2.05) is 20.8 Å². The Morgan fingerprint density at radius 2 is 2.00 bits per heavy atom. The second kappa shape index (κ2) is 9.42. The number of hydrogen-bond donors (Lipinski definition) is 2. The maximum atomic E-state index is 15.2. The Balaban J connectivity index is 1.52. The number of aromatic amines is 1. The normalized spacial score (nSPS) is 16.0. The molecule has 1 unspecified atom stereocenters. The molecule has 182 valence electrons. The molecule has 2 N–H and O–H groups in total. The van der Waals surface area contributed by atoms with Gasteiger partial charge in [-0.15, -0.1) is 0 Å². The molecule has 0 radical (unpaired) electrons. The van der Waals surface area contributed by atoms with Crippen molar-refractivity contribution in [2.75, 3.05) is 26.2 Å². The molecule has 1 aliphatic heterocycles. The van der Waals surface area contributed by atoms with Crippen LogP contribution in [0.5, 0.6) is 23.0 Å². The van der Waals surface area contributed by atoms with Crippen LogP contribution in [0, 0.1) is 12.7 Å². The van der Waals surface area contributed by atoms with Crippen LogP contribution < -0.4 is 19.5 Å². The molecule has 1 saturated heterocycles. The number of piperazine rings is 1. The molecular formula is C26H27FN4O4. The first-order chi connectivity index (χ1) is 16.9. The topological polar surface area (TPSA) is 88.7 Å². The van der Waals surface area contributed by atoms with Gasteiger partial charge in [-0.05, 0) is 51.1 Å². The number of amides is 1. The van der Waals surface area contributed by atoms with Crippen LogP contribution >= 0.6 is 0 Å². The molecule has 2 aromatic carbocycles. The minimum absolute atomic E-state index is 0.00257. The van der Waals surface area contributed by atoms with Crippen LogP contribution in [0.25, 0.3) is 21.8 Å². The van der Waals surface area contributed by atoms with Gasteiger partial charge in [0.1, 0.15) is 5.75 Å². The second-order valence-corrected chi connectivity index (χ2v) is 8.57. The fraction of sp³-hybridized carbons (Fsp3) is 0.308. The number of nitrogens with one attached hydrogen (secondary N) is 2. The Morgan fingerprint density at radius 3 is 2.80 bits per heavy atom. The van der Waals surface area contributed by atoms with Crippen LogP contribution in [-0.2, 0) is 0 Å². The summed E-state index contributed by atoms with van der Waals surface area (Å²) >= 11 is 0. The van der Waals surface area contributed by atoms with Gasteiger partial charge in [-0.2, -0.15) is 0 Å². The first kappa shape index (κ1) is 22.9. The summed E-state index contributed by atoms with van der Waals surface area (Å²) in [5, 5.41) is 4.28. The number of halogens is 1. The van der Waals surface area contributed by atoms with Gasteiger partial charge in [0.2, 0.25) is 0 Å². The van der Waals surface area contributed by atoms with Crippen molar-refractivity contribution in [3.63, 3.8) is 0 Å². The maximum Gasteiger partial charge on any atom is 0.415 e. The van der Waals surface area contributed by atoms with Crippen molar-refractivity contribution in [3.05, 3.63) is 54.1 Å². The summed E-state index contributed by atoms with van der Waals surface area (Å²) in [4.78, 5) is 22.1. The third kappa shape index (κ3) is 4.46. The zero-order valence-corrected chi connectivity index (χ0v) is 19.9. The van der Waals surface area contributed by atoms with E-state index in [-0.39, 0.29) is 17.5 Å². The zero-order valence-electron chi connectivity index (χ0n) is 19.9. The van der Waals surface area contributed by atoms with Crippen LogP contribution in [0.3, 0.4) is 0 Å². The summed E-state index contributed by atoms with van der Waals surface area (Å²) in [7, 11) is 0. The first-order valence-corrected chi connectivity index (χ1v) is 11.6. The van der Waals surface area contributed by atoms with Gasteiger partial charge in [0.05, 0.1) is 12.1 Å². The predicted molar refractivity (Wildman–Crippen MR) is 131 cm³/mol. The van der Waals surface area contributed by atoms with Gasteiger partial charge in [-0.3, -0.25) is 4.98 Å². The van der Waals surface area contributed by atoms with Crippen molar-refractivity contribution < 1.29 is 23.4 Å². The molecule has 8 nitrogen and oxygen atoms in total. The molecule has 1 atom stereocenters. The minimum atomic E-state index is -0.456. The first-order valence-electron chi connectivity index (χ1n) is 11.6. The van der Waals surface area contributed by atoms with E-state index in [1.54, 1.807) is 47.5 Å². The fourth-order valence-corrected chi connectivity index (χ4v) is 4.32. The van der Waals surface area contributed by atoms with Crippen LogP contribution in [-0.4, -0.2) is 53.2 Å². The number of benzene rings is 2. The maximum absolute atomic E-state index is 15.2. The van der Waals surface area contributed by atoms with Gasteiger partial charge >= 0.3 is 6.09 Å². The van der Waals surface area contributed by atoms with E-state index in [9.17, 15) is 4.79 Å². The number of carbonyl (C=O) groups excluding carboxylic acids is 1. The highest BCUT2D eigenvalue weighted by atomic mass is 19.1. The van der Waals surface area contributed by atoms with Crippen molar-refractivity contribution in [2.24, 2.45) is 0 Å². The lowest BCUT2D eigenvalue weighted by molar-refractivity contribution is 0.122. The van der Waals surface area contributed by atoms with E-state index in [0.29, 0.717) is 59.5 Å². The van der Waals surface area contributed by atoms with Crippen molar-refractivity contribution in [1.82, 2.24) is 20.2 Å².